The molecule has 0 bridgehead atoms. The molecular weight excluding hydrogens is 162 g/mol. The highest BCUT2D eigenvalue weighted by atomic mass is 32.2. The Bertz CT molecular complexity index is 183. The van der Waals surface area contributed by atoms with Crippen LogP contribution in [0.25, 0.3) is 0 Å². The first-order valence-corrected chi connectivity index (χ1v) is 4.42. The first-order chi connectivity index (χ1) is 5.29. The molecule has 1 heterocycles. The zero-order valence-electron chi connectivity index (χ0n) is 6.57. The fraction of sp³-hybridized carbons (Fsp3) is 0.667. The van der Waals surface area contributed by atoms with E-state index in [1.807, 2.05) is 11.9 Å². The second-order valence-corrected chi connectivity index (χ2v) is 3.38. The topological polar surface area (TPSA) is 44.7 Å². The predicted octanol–water partition coefficient (Wildman–Crippen LogP) is 0.0705. The van der Waals surface area contributed by atoms with Gasteiger partial charge in [0.05, 0.1) is 0 Å². The first kappa shape index (κ1) is 8.39. The first-order valence-electron chi connectivity index (χ1n) is 3.43. The quantitative estimate of drug-likeness (QED) is 0.600. The Kier molecular flexibility index (Phi) is 2.76. The van der Waals surface area contributed by atoms with Crippen LogP contribution in [0, 0.1) is 0 Å². The van der Waals surface area contributed by atoms with Crippen molar-refractivity contribution in [2.45, 2.75) is 13.1 Å². The number of likely N-dealkylation sites (N-methyl/N-ethyl adjacent to an activating group) is 1. The monoisotopic (exact) mass is 173 g/mol. The van der Waals surface area contributed by atoms with Crippen molar-refractivity contribution < 1.29 is 4.79 Å². The van der Waals surface area contributed by atoms with Crippen LogP contribution >= 0.6 is 11.8 Å². The molecule has 0 aromatic rings. The van der Waals surface area contributed by atoms with E-state index >= 15 is 0 Å². The third kappa shape index (κ3) is 1.65. The van der Waals surface area contributed by atoms with Crippen LogP contribution in [0.3, 0.4) is 0 Å². The summed E-state index contributed by atoms with van der Waals surface area (Å²) >= 11 is 1.62. The summed E-state index contributed by atoms with van der Waals surface area (Å²) in [5, 5.41) is 4.86. The highest BCUT2D eigenvalue weighted by Gasteiger charge is 2.22. The maximum absolute atomic E-state index is 10.4. The van der Waals surface area contributed by atoms with Gasteiger partial charge >= 0.3 is 0 Å². The van der Waals surface area contributed by atoms with Gasteiger partial charge in [0.1, 0.15) is 0 Å². The van der Waals surface area contributed by atoms with Crippen molar-refractivity contribution in [1.29, 1.82) is 0 Å². The number of rotatable bonds is 2. The van der Waals surface area contributed by atoms with Crippen molar-refractivity contribution in [2.75, 3.05) is 12.8 Å². The highest BCUT2D eigenvalue weighted by molar-refractivity contribution is 8.13. The second-order valence-electron chi connectivity index (χ2n) is 2.15. The fourth-order valence-corrected chi connectivity index (χ4v) is 1.48. The molecule has 1 rings (SSSR count). The minimum Gasteiger partial charge on any atom is -0.325 e. The SMILES string of the molecule is CCSC1=NNC(C=O)N1C. The molecule has 4 nitrogen and oxygen atoms in total. The lowest BCUT2D eigenvalue weighted by Crippen LogP contribution is -2.37. The molecule has 1 N–H and O–H groups in total. The molecular formula is C6H11N3OS. The summed E-state index contributed by atoms with van der Waals surface area (Å²) in [5.74, 6) is 0.969. The summed E-state index contributed by atoms with van der Waals surface area (Å²) in [6, 6.07) is 0. The summed E-state index contributed by atoms with van der Waals surface area (Å²) in [6.45, 7) is 2.05. The summed E-state index contributed by atoms with van der Waals surface area (Å²) in [4.78, 5) is 12.2. The van der Waals surface area contributed by atoms with E-state index < -0.39 is 0 Å². The van der Waals surface area contributed by atoms with Gasteiger partial charge in [0.25, 0.3) is 0 Å². The number of amidine groups is 1. The molecule has 0 fully saturated rings. The maximum atomic E-state index is 10.4. The molecule has 0 radical (unpaired) electrons. The Hall–Kier alpha value is -0.710. The standard InChI is InChI=1S/C6H11N3OS/c1-3-11-6-8-7-5(4-10)9(6)2/h4-5,7H,3H2,1-2H3. The lowest BCUT2D eigenvalue weighted by molar-refractivity contribution is -0.111. The maximum Gasteiger partial charge on any atom is 0.184 e. The number of hydrogen-bond donors (Lipinski definition) is 1. The van der Waals surface area contributed by atoms with Crippen molar-refractivity contribution in [3.63, 3.8) is 0 Å². The van der Waals surface area contributed by atoms with Crippen LogP contribution in [0.4, 0.5) is 0 Å². The van der Waals surface area contributed by atoms with Gasteiger partial charge in [0.2, 0.25) is 0 Å². The number of carbonyl (C=O) groups is 1. The predicted molar refractivity (Wildman–Crippen MR) is 46.3 cm³/mol. The van der Waals surface area contributed by atoms with Gasteiger partial charge in [-0.2, -0.15) is 5.10 Å². The van der Waals surface area contributed by atoms with E-state index in [0.29, 0.717) is 0 Å². The van der Waals surface area contributed by atoms with E-state index in [0.717, 1.165) is 17.2 Å². The minimum atomic E-state index is -0.274. The average Bonchev–Trinajstić information content (AvgIpc) is 2.34. The third-order valence-electron chi connectivity index (χ3n) is 1.41. The highest BCUT2D eigenvalue weighted by Crippen LogP contribution is 2.12. The van der Waals surface area contributed by atoms with Crippen LogP contribution in [0.1, 0.15) is 6.92 Å². The Morgan fingerprint density at radius 3 is 3.09 bits per heavy atom. The van der Waals surface area contributed by atoms with Gasteiger partial charge in [-0.25, -0.2) is 0 Å². The van der Waals surface area contributed by atoms with Gasteiger partial charge in [-0.3, -0.25) is 10.2 Å². The molecule has 62 valence electrons. The molecule has 1 unspecified atom stereocenters. The van der Waals surface area contributed by atoms with Gasteiger partial charge in [0, 0.05) is 7.05 Å². The summed E-state index contributed by atoms with van der Waals surface area (Å²) < 4.78 is 0. The fourth-order valence-electron chi connectivity index (χ4n) is 0.791. The zero-order chi connectivity index (χ0) is 8.27. The molecule has 0 aliphatic carbocycles. The molecule has 1 aliphatic rings. The van der Waals surface area contributed by atoms with E-state index in [1.54, 1.807) is 11.8 Å². The van der Waals surface area contributed by atoms with Gasteiger partial charge in [-0.1, -0.05) is 18.7 Å². The number of hydrogen-bond acceptors (Lipinski definition) is 5. The third-order valence-corrected chi connectivity index (χ3v) is 2.34. The summed E-state index contributed by atoms with van der Waals surface area (Å²) in [5.41, 5.74) is 2.72. The second kappa shape index (κ2) is 3.61. The van der Waals surface area contributed by atoms with Crippen LogP contribution in [-0.2, 0) is 4.79 Å². The Labute approximate surface area is 70.0 Å². The van der Waals surface area contributed by atoms with Crippen molar-refractivity contribution in [3.05, 3.63) is 0 Å². The molecule has 0 aromatic heterocycles. The molecule has 0 saturated heterocycles. The molecule has 0 amide bonds. The van der Waals surface area contributed by atoms with Crippen molar-refractivity contribution in [3.8, 4) is 0 Å². The molecule has 0 aromatic carbocycles. The van der Waals surface area contributed by atoms with Crippen LogP contribution < -0.4 is 5.43 Å². The molecule has 0 spiro atoms. The number of carbonyl (C=O) groups excluding carboxylic acids is 1. The Morgan fingerprint density at radius 2 is 2.64 bits per heavy atom. The lowest BCUT2D eigenvalue weighted by Gasteiger charge is -2.15. The van der Waals surface area contributed by atoms with E-state index in [9.17, 15) is 4.79 Å². The van der Waals surface area contributed by atoms with Gasteiger partial charge in [0.15, 0.2) is 17.6 Å². The smallest absolute Gasteiger partial charge is 0.184 e. The normalized spacial score (nSPS) is 22.9. The molecule has 11 heavy (non-hydrogen) atoms. The Morgan fingerprint density at radius 1 is 1.91 bits per heavy atom. The molecule has 0 saturated carbocycles. The van der Waals surface area contributed by atoms with Crippen LogP contribution in [0.15, 0.2) is 5.10 Å². The van der Waals surface area contributed by atoms with E-state index in [2.05, 4.69) is 17.5 Å². The molecule has 1 atom stereocenters. The van der Waals surface area contributed by atoms with Crippen LogP contribution in [0.5, 0.6) is 0 Å². The van der Waals surface area contributed by atoms with Crippen LogP contribution in [-0.4, -0.2) is 35.3 Å². The number of hydrazone groups is 1. The minimum absolute atomic E-state index is 0.274. The van der Waals surface area contributed by atoms with E-state index in [4.69, 9.17) is 0 Å². The van der Waals surface area contributed by atoms with Gasteiger partial charge < -0.3 is 4.90 Å². The summed E-state index contributed by atoms with van der Waals surface area (Å²) in [6.07, 6.45) is 0.566. The number of aldehydes is 1. The van der Waals surface area contributed by atoms with Gasteiger partial charge in [-0.05, 0) is 5.75 Å². The van der Waals surface area contributed by atoms with E-state index in [1.165, 1.54) is 0 Å². The van der Waals surface area contributed by atoms with Crippen LogP contribution in [0.2, 0.25) is 0 Å². The lowest BCUT2D eigenvalue weighted by atomic mass is 10.5. The van der Waals surface area contributed by atoms with Crippen molar-refractivity contribution in [2.24, 2.45) is 5.10 Å². The summed E-state index contributed by atoms with van der Waals surface area (Å²) in [7, 11) is 1.85. The number of nitrogens with one attached hydrogen (secondary N) is 1. The van der Waals surface area contributed by atoms with Crippen molar-refractivity contribution in [1.82, 2.24) is 10.3 Å². The van der Waals surface area contributed by atoms with E-state index in [-0.39, 0.29) is 6.17 Å². The van der Waals surface area contributed by atoms with Crippen molar-refractivity contribution >= 4 is 23.2 Å². The molecule has 1 aliphatic heterocycles. The molecule has 5 heteroatoms. The van der Waals surface area contributed by atoms with Gasteiger partial charge in [-0.15, -0.1) is 0 Å². The largest absolute Gasteiger partial charge is 0.325 e. The Balaban J connectivity index is 2.51. The number of nitrogens with zero attached hydrogens (tertiary/aromatic N) is 2. The number of thioether (sulfide) groups is 1. The average molecular weight is 173 g/mol. The zero-order valence-corrected chi connectivity index (χ0v) is 7.39.